The Morgan fingerprint density at radius 2 is 1.63 bits per heavy atom. The van der Waals surface area contributed by atoms with Crippen LogP contribution in [0.25, 0.3) is 22.3 Å². The van der Waals surface area contributed by atoms with Crippen molar-refractivity contribution in [1.29, 1.82) is 0 Å². The molecule has 0 saturated carbocycles. The van der Waals surface area contributed by atoms with Gasteiger partial charge >= 0.3 is 0 Å². The number of hydrogen-bond donors (Lipinski definition) is 0. The number of para-hydroxylation sites is 2. The van der Waals surface area contributed by atoms with Gasteiger partial charge in [0.1, 0.15) is 5.75 Å². The molecule has 0 fully saturated rings. The van der Waals surface area contributed by atoms with Gasteiger partial charge in [0.15, 0.2) is 5.82 Å². The Hall–Kier alpha value is -2.42. The highest BCUT2D eigenvalue weighted by atomic mass is 16.5. The highest BCUT2D eigenvalue weighted by Gasteiger charge is 2.10. The molecule has 0 saturated heterocycles. The molecule has 1 heterocycles. The normalized spacial score (nSPS) is 10.6. The van der Waals surface area contributed by atoms with Gasteiger partial charge in [-0.25, -0.2) is 9.97 Å². The Bertz CT molecular complexity index is 738. The van der Waals surface area contributed by atoms with Crippen LogP contribution < -0.4 is 4.74 Å². The molecule has 0 aliphatic heterocycles. The fraction of sp³-hybridized carbons (Fsp3) is 0.125. The zero-order valence-corrected chi connectivity index (χ0v) is 10.9. The average molecular weight is 250 g/mol. The van der Waals surface area contributed by atoms with Crippen LogP contribution in [0, 0.1) is 6.92 Å². The van der Waals surface area contributed by atoms with Crippen LogP contribution in [0.4, 0.5) is 0 Å². The summed E-state index contributed by atoms with van der Waals surface area (Å²) in [5.74, 6) is 1.49. The van der Waals surface area contributed by atoms with Crippen LogP contribution in [-0.2, 0) is 0 Å². The highest BCUT2D eigenvalue weighted by molar-refractivity contribution is 5.83. The summed E-state index contributed by atoms with van der Waals surface area (Å²) in [7, 11) is 1.66. The van der Waals surface area contributed by atoms with E-state index >= 15 is 0 Å². The van der Waals surface area contributed by atoms with E-state index in [9.17, 15) is 0 Å². The molecule has 0 aliphatic rings. The highest BCUT2D eigenvalue weighted by Crippen LogP contribution is 2.28. The number of fused-ring (bicyclic) bond motifs is 1. The number of methoxy groups -OCH3 is 1. The van der Waals surface area contributed by atoms with E-state index < -0.39 is 0 Å². The lowest BCUT2D eigenvalue weighted by molar-refractivity contribution is 0.416. The lowest BCUT2D eigenvalue weighted by atomic mass is 10.1. The molecule has 0 N–H and O–H groups in total. The second-order valence-corrected chi connectivity index (χ2v) is 4.35. The fourth-order valence-corrected chi connectivity index (χ4v) is 2.19. The quantitative estimate of drug-likeness (QED) is 0.696. The van der Waals surface area contributed by atoms with Gasteiger partial charge in [-0.3, -0.25) is 0 Å². The summed E-state index contributed by atoms with van der Waals surface area (Å²) in [4.78, 5) is 9.21. The van der Waals surface area contributed by atoms with Gasteiger partial charge in [-0.1, -0.05) is 30.3 Å². The molecule has 3 heteroatoms. The maximum absolute atomic E-state index is 5.37. The van der Waals surface area contributed by atoms with E-state index in [0.29, 0.717) is 5.82 Å². The first-order chi connectivity index (χ1) is 9.29. The molecular formula is C16H14N2O. The molecule has 19 heavy (non-hydrogen) atoms. The van der Waals surface area contributed by atoms with Crippen molar-refractivity contribution in [2.45, 2.75) is 6.92 Å². The van der Waals surface area contributed by atoms with Crippen molar-refractivity contribution < 1.29 is 4.74 Å². The van der Waals surface area contributed by atoms with Crippen LogP contribution in [0.1, 0.15) is 5.69 Å². The molecule has 0 atom stereocenters. The predicted octanol–water partition coefficient (Wildman–Crippen LogP) is 3.61. The minimum Gasteiger partial charge on any atom is -0.496 e. The number of nitrogens with zero attached hydrogens (tertiary/aromatic N) is 2. The molecule has 3 aromatic rings. The van der Waals surface area contributed by atoms with Crippen LogP contribution in [0.2, 0.25) is 0 Å². The zero-order valence-electron chi connectivity index (χ0n) is 10.9. The van der Waals surface area contributed by atoms with Crippen molar-refractivity contribution in [3.8, 4) is 17.1 Å². The molecule has 1 aromatic heterocycles. The van der Waals surface area contributed by atoms with Crippen LogP contribution in [-0.4, -0.2) is 17.1 Å². The van der Waals surface area contributed by atoms with Crippen LogP contribution in [0.3, 0.4) is 0 Å². The summed E-state index contributed by atoms with van der Waals surface area (Å²) < 4.78 is 5.37. The molecule has 0 unspecified atom stereocenters. The fourth-order valence-electron chi connectivity index (χ4n) is 2.19. The molecule has 0 aliphatic carbocycles. The lowest BCUT2D eigenvalue weighted by Gasteiger charge is -2.09. The summed E-state index contributed by atoms with van der Waals surface area (Å²) in [5, 5.41) is 1.08. The number of aryl methyl sites for hydroxylation is 1. The molecular weight excluding hydrogens is 236 g/mol. The number of benzene rings is 2. The SMILES string of the molecule is COc1ccccc1-c1nc(C)c2ccccc2n1. The van der Waals surface area contributed by atoms with E-state index in [1.54, 1.807) is 7.11 Å². The summed E-state index contributed by atoms with van der Waals surface area (Å²) in [6.45, 7) is 2.00. The predicted molar refractivity (Wildman–Crippen MR) is 76.3 cm³/mol. The van der Waals surface area contributed by atoms with E-state index in [4.69, 9.17) is 4.74 Å². The third-order valence-corrected chi connectivity index (χ3v) is 3.14. The monoisotopic (exact) mass is 250 g/mol. The Morgan fingerprint density at radius 3 is 2.47 bits per heavy atom. The minimum atomic E-state index is 0.702. The van der Waals surface area contributed by atoms with E-state index in [1.807, 2.05) is 55.5 Å². The van der Waals surface area contributed by atoms with Gasteiger partial charge in [-0.2, -0.15) is 0 Å². The molecule has 3 nitrogen and oxygen atoms in total. The third kappa shape index (κ3) is 2.03. The maximum atomic E-state index is 5.37. The number of hydrogen-bond acceptors (Lipinski definition) is 3. The van der Waals surface area contributed by atoms with Gasteiger partial charge in [0.2, 0.25) is 0 Å². The smallest absolute Gasteiger partial charge is 0.163 e. The van der Waals surface area contributed by atoms with Gasteiger partial charge in [-0.05, 0) is 25.1 Å². The molecule has 2 aromatic carbocycles. The first-order valence-corrected chi connectivity index (χ1v) is 6.16. The van der Waals surface area contributed by atoms with Gasteiger partial charge in [-0.15, -0.1) is 0 Å². The molecule has 0 radical (unpaired) electrons. The van der Waals surface area contributed by atoms with E-state index in [-0.39, 0.29) is 0 Å². The van der Waals surface area contributed by atoms with Crippen molar-refractivity contribution in [2.75, 3.05) is 7.11 Å². The standard InChI is InChI=1S/C16H14N2O/c1-11-12-7-3-5-9-14(12)18-16(17-11)13-8-4-6-10-15(13)19-2/h3-10H,1-2H3. The Morgan fingerprint density at radius 1 is 0.895 bits per heavy atom. The van der Waals surface area contributed by atoms with Crippen LogP contribution in [0.5, 0.6) is 5.75 Å². The van der Waals surface area contributed by atoms with Crippen LogP contribution >= 0.6 is 0 Å². The zero-order chi connectivity index (χ0) is 13.2. The van der Waals surface area contributed by atoms with Crippen molar-refractivity contribution in [1.82, 2.24) is 9.97 Å². The van der Waals surface area contributed by atoms with Crippen molar-refractivity contribution in [2.24, 2.45) is 0 Å². The van der Waals surface area contributed by atoms with Crippen LogP contribution in [0.15, 0.2) is 48.5 Å². The lowest BCUT2D eigenvalue weighted by Crippen LogP contribution is -1.96. The molecule has 0 bridgehead atoms. The summed E-state index contributed by atoms with van der Waals surface area (Å²) in [6.07, 6.45) is 0. The van der Waals surface area contributed by atoms with Gasteiger partial charge < -0.3 is 4.74 Å². The maximum Gasteiger partial charge on any atom is 0.163 e. The Kier molecular flexibility index (Phi) is 2.88. The van der Waals surface area contributed by atoms with Gasteiger partial charge in [0.05, 0.1) is 18.2 Å². The van der Waals surface area contributed by atoms with Crippen molar-refractivity contribution in [3.63, 3.8) is 0 Å². The van der Waals surface area contributed by atoms with Crippen molar-refractivity contribution in [3.05, 3.63) is 54.2 Å². The minimum absolute atomic E-state index is 0.702. The summed E-state index contributed by atoms with van der Waals surface area (Å²) in [6, 6.07) is 15.8. The van der Waals surface area contributed by atoms with Gasteiger partial charge in [0.25, 0.3) is 0 Å². The Balaban J connectivity index is 2.26. The molecule has 3 rings (SSSR count). The number of rotatable bonds is 2. The summed E-state index contributed by atoms with van der Waals surface area (Å²) in [5.41, 5.74) is 2.85. The largest absolute Gasteiger partial charge is 0.496 e. The topological polar surface area (TPSA) is 35.0 Å². The average Bonchev–Trinajstić information content (AvgIpc) is 2.47. The first kappa shape index (κ1) is 11.7. The number of aromatic nitrogens is 2. The first-order valence-electron chi connectivity index (χ1n) is 6.16. The second kappa shape index (κ2) is 4.69. The van der Waals surface area contributed by atoms with E-state index in [0.717, 1.165) is 27.9 Å². The molecule has 0 spiro atoms. The van der Waals surface area contributed by atoms with E-state index in [2.05, 4.69) is 9.97 Å². The van der Waals surface area contributed by atoms with Crippen molar-refractivity contribution >= 4 is 10.9 Å². The third-order valence-electron chi connectivity index (χ3n) is 3.14. The second-order valence-electron chi connectivity index (χ2n) is 4.35. The molecule has 94 valence electrons. The number of ether oxygens (including phenoxy) is 1. The summed E-state index contributed by atoms with van der Waals surface area (Å²) >= 11 is 0. The van der Waals surface area contributed by atoms with Gasteiger partial charge in [0, 0.05) is 11.1 Å². The Labute approximate surface area is 111 Å². The van der Waals surface area contributed by atoms with E-state index in [1.165, 1.54) is 0 Å². The molecule has 0 amide bonds.